The number of nitrogens with one attached hydrogen (secondary N) is 1. The summed E-state index contributed by atoms with van der Waals surface area (Å²) < 4.78 is 0. The molecule has 14 heavy (non-hydrogen) atoms. The number of amides is 1. The van der Waals surface area contributed by atoms with E-state index < -0.39 is 0 Å². The standard InChI is InChI=1S/C10H17N3O/c1-8(2)13-6-4-9(7-13)12-10(14)3-5-11/h8-9H,3-4,6-7H2,1-2H3,(H,12,14). The molecule has 4 nitrogen and oxygen atoms in total. The molecular weight excluding hydrogens is 178 g/mol. The van der Waals surface area contributed by atoms with Gasteiger partial charge in [-0.3, -0.25) is 9.69 Å². The molecule has 1 amide bonds. The molecule has 0 spiro atoms. The highest BCUT2D eigenvalue weighted by Crippen LogP contribution is 2.12. The van der Waals surface area contributed by atoms with Crippen molar-refractivity contribution in [1.82, 2.24) is 10.2 Å². The molecular formula is C10H17N3O. The third kappa shape index (κ3) is 3.00. The van der Waals surface area contributed by atoms with Crippen LogP contribution in [0.3, 0.4) is 0 Å². The number of carbonyl (C=O) groups excluding carboxylic acids is 1. The van der Waals surface area contributed by atoms with Crippen molar-refractivity contribution in [1.29, 1.82) is 5.26 Å². The first kappa shape index (κ1) is 11.0. The van der Waals surface area contributed by atoms with Crippen LogP contribution in [0.2, 0.25) is 0 Å². The molecule has 1 aliphatic heterocycles. The van der Waals surface area contributed by atoms with Crippen LogP contribution in [-0.4, -0.2) is 36.0 Å². The monoisotopic (exact) mass is 195 g/mol. The van der Waals surface area contributed by atoms with Crippen molar-refractivity contribution in [3.63, 3.8) is 0 Å². The van der Waals surface area contributed by atoms with Crippen LogP contribution in [0, 0.1) is 11.3 Å². The van der Waals surface area contributed by atoms with Gasteiger partial charge in [0.1, 0.15) is 6.42 Å². The first-order chi connectivity index (χ1) is 6.63. The molecule has 1 atom stereocenters. The Morgan fingerprint density at radius 3 is 2.93 bits per heavy atom. The predicted molar refractivity (Wildman–Crippen MR) is 53.5 cm³/mol. The minimum Gasteiger partial charge on any atom is -0.351 e. The van der Waals surface area contributed by atoms with Crippen molar-refractivity contribution < 1.29 is 4.79 Å². The van der Waals surface area contributed by atoms with E-state index in [4.69, 9.17) is 5.26 Å². The lowest BCUT2D eigenvalue weighted by molar-refractivity contribution is -0.120. The lowest BCUT2D eigenvalue weighted by Gasteiger charge is -2.20. The van der Waals surface area contributed by atoms with E-state index >= 15 is 0 Å². The molecule has 1 saturated heterocycles. The van der Waals surface area contributed by atoms with Gasteiger partial charge in [-0.2, -0.15) is 5.26 Å². The number of hydrogen-bond acceptors (Lipinski definition) is 3. The first-order valence-electron chi connectivity index (χ1n) is 5.04. The highest BCUT2D eigenvalue weighted by atomic mass is 16.1. The summed E-state index contributed by atoms with van der Waals surface area (Å²) in [6.07, 6.45) is 0.966. The smallest absolute Gasteiger partial charge is 0.234 e. The van der Waals surface area contributed by atoms with Gasteiger partial charge in [-0.1, -0.05) is 0 Å². The summed E-state index contributed by atoms with van der Waals surface area (Å²) in [6.45, 7) is 6.25. The van der Waals surface area contributed by atoms with Gasteiger partial charge in [0.2, 0.25) is 5.91 Å². The van der Waals surface area contributed by atoms with Gasteiger partial charge in [0.25, 0.3) is 0 Å². The van der Waals surface area contributed by atoms with Gasteiger partial charge in [0, 0.05) is 25.2 Å². The second-order valence-electron chi connectivity index (χ2n) is 3.98. The zero-order valence-electron chi connectivity index (χ0n) is 8.79. The van der Waals surface area contributed by atoms with E-state index in [0.717, 1.165) is 19.5 Å². The second kappa shape index (κ2) is 4.97. The molecule has 1 fully saturated rings. The van der Waals surface area contributed by atoms with Crippen LogP contribution in [0.15, 0.2) is 0 Å². The number of rotatable bonds is 3. The Morgan fingerprint density at radius 2 is 2.43 bits per heavy atom. The van der Waals surface area contributed by atoms with Gasteiger partial charge in [0.05, 0.1) is 6.07 Å². The summed E-state index contributed by atoms with van der Waals surface area (Å²) in [6, 6.07) is 2.62. The molecule has 1 heterocycles. The van der Waals surface area contributed by atoms with Gasteiger partial charge >= 0.3 is 0 Å². The predicted octanol–water partition coefficient (Wildman–Crippen LogP) is 0.499. The molecule has 0 aromatic carbocycles. The molecule has 1 rings (SSSR count). The lowest BCUT2D eigenvalue weighted by Crippen LogP contribution is -2.38. The number of nitriles is 1. The maximum atomic E-state index is 11.1. The number of nitrogens with zero attached hydrogens (tertiary/aromatic N) is 2. The van der Waals surface area contributed by atoms with E-state index in [9.17, 15) is 4.79 Å². The van der Waals surface area contributed by atoms with Crippen molar-refractivity contribution >= 4 is 5.91 Å². The second-order valence-corrected chi connectivity index (χ2v) is 3.98. The Bertz CT molecular complexity index is 244. The van der Waals surface area contributed by atoms with Crippen molar-refractivity contribution in [3.05, 3.63) is 0 Å². The Labute approximate surface area is 84.9 Å². The fourth-order valence-electron chi connectivity index (χ4n) is 1.72. The quantitative estimate of drug-likeness (QED) is 0.713. The maximum absolute atomic E-state index is 11.1. The zero-order chi connectivity index (χ0) is 10.6. The molecule has 1 N–H and O–H groups in total. The Morgan fingerprint density at radius 1 is 1.71 bits per heavy atom. The number of hydrogen-bond donors (Lipinski definition) is 1. The molecule has 4 heteroatoms. The minimum atomic E-state index is -0.150. The van der Waals surface area contributed by atoms with Crippen molar-refractivity contribution in [3.8, 4) is 6.07 Å². The van der Waals surface area contributed by atoms with Gasteiger partial charge < -0.3 is 5.32 Å². The lowest BCUT2D eigenvalue weighted by atomic mass is 10.2. The van der Waals surface area contributed by atoms with Crippen molar-refractivity contribution in [2.24, 2.45) is 0 Å². The molecule has 78 valence electrons. The zero-order valence-corrected chi connectivity index (χ0v) is 8.79. The van der Waals surface area contributed by atoms with Crippen LogP contribution in [-0.2, 0) is 4.79 Å². The third-order valence-electron chi connectivity index (χ3n) is 2.55. The summed E-state index contributed by atoms with van der Waals surface area (Å²) in [5, 5.41) is 11.2. The Hall–Kier alpha value is -1.08. The molecule has 0 aliphatic carbocycles. The van der Waals surface area contributed by atoms with Gasteiger partial charge in [-0.05, 0) is 20.3 Å². The van der Waals surface area contributed by atoms with Gasteiger partial charge in [-0.25, -0.2) is 0 Å². The Kier molecular flexibility index (Phi) is 3.90. The molecule has 0 saturated carbocycles. The average Bonchev–Trinajstić information content (AvgIpc) is 2.53. The van der Waals surface area contributed by atoms with E-state index in [1.807, 2.05) is 6.07 Å². The largest absolute Gasteiger partial charge is 0.351 e. The highest BCUT2D eigenvalue weighted by Gasteiger charge is 2.24. The van der Waals surface area contributed by atoms with E-state index in [-0.39, 0.29) is 18.4 Å². The van der Waals surface area contributed by atoms with E-state index in [1.54, 1.807) is 0 Å². The first-order valence-corrected chi connectivity index (χ1v) is 5.04. The summed E-state index contributed by atoms with van der Waals surface area (Å²) in [7, 11) is 0. The van der Waals surface area contributed by atoms with Crippen LogP contribution in [0.4, 0.5) is 0 Å². The summed E-state index contributed by atoms with van der Waals surface area (Å²) in [5.41, 5.74) is 0. The summed E-state index contributed by atoms with van der Waals surface area (Å²) in [4.78, 5) is 13.5. The van der Waals surface area contributed by atoms with Crippen LogP contribution < -0.4 is 5.32 Å². The van der Waals surface area contributed by atoms with E-state index in [1.165, 1.54) is 0 Å². The average molecular weight is 195 g/mol. The van der Waals surface area contributed by atoms with Crippen LogP contribution in [0.25, 0.3) is 0 Å². The van der Waals surface area contributed by atoms with Gasteiger partial charge in [-0.15, -0.1) is 0 Å². The summed E-state index contributed by atoms with van der Waals surface area (Å²) in [5.74, 6) is -0.150. The SMILES string of the molecule is CC(C)N1CCC(NC(=O)CC#N)C1. The Balaban J connectivity index is 2.29. The van der Waals surface area contributed by atoms with Crippen LogP contribution in [0.1, 0.15) is 26.7 Å². The molecule has 1 unspecified atom stereocenters. The van der Waals surface area contributed by atoms with E-state index in [0.29, 0.717) is 6.04 Å². The van der Waals surface area contributed by atoms with Crippen molar-refractivity contribution in [2.45, 2.75) is 38.8 Å². The van der Waals surface area contributed by atoms with E-state index in [2.05, 4.69) is 24.1 Å². The third-order valence-corrected chi connectivity index (χ3v) is 2.55. The summed E-state index contributed by atoms with van der Waals surface area (Å²) >= 11 is 0. The van der Waals surface area contributed by atoms with Gasteiger partial charge in [0.15, 0.2) is 0 Å². The fourth-order valence-corrected chi connectivity index (χ4v) is 1.72. The highest BCUT2D eigenvalue weighted by molar-refractivity contribution is 5.78. The molecule has 1 aliphatic rings. The van der Waals surface area contributed by atoms with Crippen LogP contribution >= 0.6 is 0 Å². The molecule has 0 aromatic heterocycles. The topological polar surface area (TPSA) is 56.1 Å². The minimum absolute atomic E-state index is 0.0296. The van der Waals surface area contributed by atoms with Crippen molar-refractivity contribution in [2.75, 3.05) is 13.1 Å². The number of carbonyl (C=O) groups is 1. The molecule has 0 radical (unpaired) electrons. The molecule has 0 aromatic rings. The fraction of sp³-hybridized carbons (Fsp3) is 0.800. The number of likely N-dealkylation sites (tertiary alicyclic amines) is 1. The normalized spacial score (nSPS) is 22.3. The molecule has 0 bridgehead atoms. The maximum Gasteiger partial charge on any atom is 0.234 e. The van der Waals surface area contributed by atoms with Crippen LogP contribution in [0.5, 0.6) is 0 Å².